The fraction of sp³-hybridized carbons (Fsp3) is 0.333. The molecule has 0 aliphatic carbocycles. The molecule has 19 heavy (non-hydrogen) atoms. The Hall–Kier alpha value is -1.94. The van der Waals surface area contributed by atoms with E-state index in [1.807, 2.05) is 25.1 Å². The van der Waals surface area contributed by atoms with Crippen LogP contribution in [-0.4, -0.2) is 17.1 Å². The minimum absolute atomic E-state index is 0.155. The Kier molecular flexibility index (Phi) is 4.12. The summed E-state index contributed by atoms with van der Waals surface area (Å²) in [6.07, 6.45) is 2.44. The molecule has 1 unspecified atom stereocenters. The van der Waals surface area contributed by atoms with Crippen LogP contribution in [0.2, 0.25) is 0 Å². The second-order valence-corrected chi connectivity index (χ2v) is 4.65. The number of nitrogens with zero attached hydrogens (tertiary/aromatic N) is 2. The molecule has 1 atom stereocenters. The number of hydrogen-bond donors (Lipinski definition) is 1. The van der Waals surface area contributed by atoms with E-state index in [0.29, 0.717) is 6.42 Å². The van der Waals surface area contributed by atoms with Gasteiger partial charge in [-0.1, -0.05) is 17.7 Å². The van der Waals surface area contributed by atoms with Crippen LogP contribution in [0, 0.1) is 13.8 Å². The lowest BCUT2D eigenvalue weighted by Gasteiger charge is -2.14. The van der Waals surface area contributed by atoms with E-state index in [1.165, 1.54) is 5.56 Å². The van der Waals surface area contributed by atoms with Crippen molar-refractivity contribution in [3.63, 3.8) is 0 Å². The van der Waals surface area contributed by atoms with Crippen molar-refractivity contribution in [2.45, 2.75) is 26.3 Å². The Labute approximate surface area is 113 Å². The van der Waals surface area contributed by atoms with Crippen LogP contribution in [0.4, 0.5) is 0 Å². The highest BCUT2D eigenvalue weighted by Gasteiger charge is 2.12. The molecule has 0 spiro atoms. The summed E-state index contributed by atoms with van der Waals surface area (Å²) in [5.41, 5.74) is 9.38. The first-order valence-corrected chi connectivity index (χ1v) is 6.29. The number of aryl methyl sites for hydroxylation is 2. The summed E-state index contributed by atoms with van der Waals surface area (Å²) in [5, 5.41) is 0. The van der Waals surface area contributed by atoms with Gasteiger partial charge in [0.1, 0.15) is 11.6 Å². The molecule has 0 saturated carbocycles. The topological polar surface area (TPSA) is 61.0 Å². The quantitative estimate of drug-likeness (QED) is 0.913. The lowest BCUT2D eigenvalue weighted by molar-refractivity contribution is 0.408. The van der Waals surface area contributed by atoms with Gasteiger partial charge in [-0.25, -0.2) is 9.97 Å². The van der Waals surface area contributed by atoms with Crippen molar-refractivity contribution in [2.24, 2.45) is 5.73 Å². The fourth-order valence-corrected chi connectivity index (χ4v) is 2.09. The van der Waals surface area contributed by atoms with E-state index >= 15 is 0 Å². The Bertz CT molecular complexity index is 569. The molecule has 2 aromatic rings. The highest BCUT2D eigenvalue weighted by Crippen LogP contribution is 2.24. The average Bonchev–Trinajstić information content (AvgIpc) is 2.39. The van der Waals surface area contributed by atoms with Crippen LogP contribution in [0.5, 0.6) is 5.75 Å². The monoisotopic (exact) mass is 257 g/mol. The third-order valence-corrected chi connectivity index (χ3v) is 3.05. The number of methoxy groups -OCH3 is 1. The van der Waals surface area contributed by atoms with E-state index < -0.39 is 0 Å². The molecule has 0 saturated heterocycles. The van der Waals surface area contributed by atoms with E-state index in [4.69, 9.17) is 10.5 Å². The van der Waals surface area contributed by atoms with Gasteiger partial charge in [0.2, 0.25) is 0 Å². The molecular formula is C15H19N3O. The first-order chi connectivity index (χ1) is 9.10. The van der Waals surface area contributed by atoms with Crippen LogP contribution in [0.25, 0.3) is 0 Å². The smallest absolute Gasteiger partial charge is 0.125 e. The van der Waals surface area contributed by atoms with Gasteiger partial charge < -0.3 is 10.5 Å². The number of aromatic nitrogens is 2. The minimum atomic E-state index is -0.155. The van der Waals surface area contributed by atoms with Gasteiger partial charge in [0, 0.05) is 6.20 Å². The lowest BCUT2D eigenvalue weighted by atomic mass is 10.0. The van der Waals surface area contributed by atoms with Gasteiger partial charge in [0.25, 0.3) is 0 Å². The Morgan fingerprint density at radius 3 is 2.74 bits per heavy atom. The van der Waals surface area contributed by atoms with Crippen LogP contribution in [0.3, 0.4) is 0 Å². The van der Waals surface area contributed by atoms with E-state index in [1.54, 1.807) is 13.3 Å². The normalized spacial score (nSPS) is 12.2. The first-order valence-electron chi connectivity index (χ1n) is 6.29. The average molecular weight is 257 g/mol. The summed E-state index contributed by atoms with van der Waals surface area (Å²) < 4.78 is 5.37. The molecule has 1 heterocycles. The second kappa shape index (κ2) is 5.80. The Morgan fingerprint density at radius 1 is 1.26 bits per heavy atom. The van der Waals surface area contributed by atoms with Gasteiger partial charge in [0.05, 0.1) is 18.8 Å². The summed E-state index contributed by atoms with van der Waals surface area (Å²) >= 11 is 0. The van der Waals surface area contributed by atoms with Crippen molar-refractivity contribution in [3.8, 4) is 5.75 Å². The molecule has 4 heteroatoms. The zero-order chi connectivity index (χ0) is 13.8. The summed E-state index contributed by atoms with van der Waals surface area (Å²) in [4.78, 5) is 8.46. The maximum Gasteiger partial charge on any atom is 0.125 e. The highest BCUT2D eigenvalue weighted by molar-refractivity contribution is 5.37. The summed E-state index contributed by atoms with van der Waals surface area (Å²) in [7, 11) is 1.68. The minimum Gasteiger partial charge on any atom is -0.496 e. The predicted molar refractivity (Wildman–Crippen MR) is 75.1 cm³/mol. The molecule has 1 aromatic heterocycles. The zero-order valence-electron chi connectivity index (χ0n) is 11.6. The number of nitrogens with two attached hydrogens (primary N) is 1. The van der Waals surface area contributed by atoms with Crippen LogP contribution < -0.4 is 10.5 Å². The van der Waals surface area contributed by atoms with Crippen LogP contribution in [0.1, 0.15) is 28.7 Å². The maximum absolute atomic E-state index is 6.22. The maximum atomic E-state index is 6.22. The molecule has 0 bridgehead atoms. The van der Waals surface area contributed by atoms with Crippen molar-refractivity contribution >= 4 is 0 Å². The molecule has 4 nitrogen and oxygen atoms in total. The third-order valence-electron chi connectivity index (χ3n) is 3.05. The van der Waals surface area contributed by atoms with E-state index in [9.17, 15) is 0 Å². The molecule has 0 radical (unpaired) electrons. The molecule has 0 amide bonds. The first kappa shape index (κ1) is 13.5. The van der Waals surface area contributed by atoms with Crippen molar-refractivity contribution in [1.29, 1.82) is 0 Å². The lowest BCUT2D eigenvalue weighted by Crippen LogP contribution is -2.16. The number of rotatable bonds is 4. The van der Waals surface area contributed by atoms with Gasteiger partial charge in [-0.15, -0.1) is 0 Å². The van der Waals surface area contributed by atoms with Gasteiger partial charge >= 0.3 is 0 Å². The zero-order valence-corrected chi connectivity index (χ0v) is 11.6. The predicted octanol–water partition coefficient (Wildman–Crippen LogP) is 2.34. The van der Waals surface area contributed by atoms with Crippen molar-refractivity contribution < 1.29 is 4.74 Å². The van der Waals surface area contributed by atoms with Gasteiger partial charge in [-0.3, -0.25) is 0 Å². The summed E-state index contributed by atoms with van der Waals surface area (Å²) in [6, 6.07) is 7.82. The molecule has 0 aliphatic heterocycles. The van der Waals surface area contributed by atoms with Crippen molar-refractivity contribution in [1.82, 2.24) is 9.97 Å². The molecular weight excluding hydrogens is 238 g/mol. The van der Waals surface area contributed by atoms with Gasteiger partial charge in [-0.05, 0) is 38.0 Å². The fourth-order valence-electron chi connectivity index (χ4n) is 2.09. The SMILES string of the molecule is COc1ccc(C)cc1CC(N)c1ccnc(C)n1. The molecule has 2 rings (SSSR count). The third kappa shape index (κ3) is 3.29. The molecule has 2 N–H and O–H groups in total. The van der Waals surface area contributed by atoms with E-state index in [2.05, 4.69) is 23.0 Å². The number of hydrogen-bond acceptors (Lipinski definition) is 4. The molecule has 1 aromatic carbocycles. The Balaban J connectivity index is 2.23. The summed E-state index contributed by atoms with van der Waals surface area (Å²) in [6.45, 7) is 3.92. The number of benzene rings is 1. The van der Waals surface area contributed by atoms with Gasteiger partial charge in [0.15, 0.2) is 0 Å². The molecule has 0 fully saturated rings. The van der Waals surface area contributed by atoms with Crippen molar-refractivity contribution in [3.05, 3.63) is 53.1 Å². The van der Waals surface area contributed by atoms with Gasteiger partial charge in [-0.2, -0.15) is 0 Å². The molecule has 0 aliphatic rings. The number of ether oxygens (including phenoxy) is 1. The van der Waals surface area contributed by atoms with E-state index in [0.717, 1.165) is 22.8 Å². The molecule has 100 valence electrons. The van der Waals surface area contributed by atoms with E-state index in [-0.39, 0.29) is 6.04 Å². The standard InChI is InChI=1S/C15H19N3O/c1-10-4-5-15(19-3)12(8-10)9-13(16)14-6-7-17-11(2)18-14/h4-8,13H,9,16H2,1-3H3. The van der Waals surface area contributed by atoms with Crippen molar-refractivity contribution in [2.75, 3.05) is 7.11 Å². The highest BCUT2D eigenvalue weighted by atomic mass is 16.5. The summed E-state index contributed by atoms with van der Waals surface area (Å²) in [5.74, 6) is 1.61. The largest absolute Gasteiger partial charge is 0.496 e. The van der Waals surface area contributed by atoms with Crippen LogP contribution >= 0.6 is 0 Å². The van der Waals surface area contributed by atoms with Crippen LogP contribution in [0.15, 0.2) is 30.5 Å². The Morgan fingerprint density at radius 2 is 2.05 bits per heavy atom. The van der Waals surface area contributed by atoms with Crippen LogP contribution in [-0.2, 0) is 6.42 Å². The second-order valence-electron chi connectivity index (χ2n) is 4.65.